The Morgan fingerprint density at radius 2 is 1.79 bits per heavy atom. The standard InChI is InChI=1S/C22H20FNO4/c23-17-6-4-16(5-7-17)22(9-1-2-10-22)21(27)28-13-19(25)14-3-8-18-15(11-14)12-20(26)24-18/h3-8,11H,1-2,9-10,12-13H2,(H,24,26). The number of hydrogen-bond acceptors (Lipinski definition) is 4. The first-order valence-corrected chi connectivity index (χ1v) is 9.37. The molecule has 5 nitrogen and oxygen atoms in total. The molecule has 1 heterocycles. The van der Waals surface area contributed by atoms with Gasteiger partial charge < -0.3 is 10.1 Å². The normalized spacial score (nSPS) is 17.1. The number of hydrogen-bond donors (Lipinski definition) is 1. The van der Waals surface area contributed by atoms with E-state index in [0.717, 1.165) is 24.0 Å². The van der Waals surface area contributed by atoms with Gasteiger partial charge in [0.25, 0.3) is 0 Å². The molecule has 28 heavy (non-hydrogen) atoms. The van der Waals surface area contributed by atoms with Crippen LogP contribution in [0.25, 0.3) is 0 Å². The molecular formula is C22H20FNO4. The Morgan fingerprint density at radius 1 is 1.07 bits per heavy atom. The third-order valence-electron chi connectivity index (χ3n) is 5.63. The molecule has 0 atom stereocenters. The van der Waals surface area contributed by atoms with Gasteiger partial charge in [-0.1, -0.05) is 25.0 Å². The van der Waals surface area contributed by atoms with Gasteiger partial charge in [-0.2, -0.15) is 0 Å². The van der Waals surface area contributed by atoms with E-state index in [1.165, 1.54) is 12.1 Å². The van der Waals surface area contributed by atoms with Gasteiger partial charge in [0.2, 0.25) is 5.91 Å². The summed E-state index contributed by atoms with van der Waals surface area (Å²) in [5.74, 6) is -1.22. The fourth-order valence-electron chi connectivity index (χ4n) is 4.11. The van der Waals surface area contributed by atoms with Crippen LogP contribution >= 0.6 is 0 Å². The molecule has 1 amide bonds. The van der Waals surface area contributed by atoms with E-state index in [9.17, 15) is 18.8 Å². The number of halogens is 1. The zero-order valence-electron chi connectivity index (χ0n) is 15.3. The second-order valence-electron chi connectivity index (χ2n) is 7.39. The Labute approximate surface area is 161 Å². The molecule has 1 fully saturated rings. The van der Waals surface area contributed by atoms with Crippen LogP contribution in [0.5, 0.6) is 0 Å². The highest BCUT2D eigenvalue weighted by Crippen LogP contribution is 2.42. The van der Waals surface area contributed by atoms with E-state index in [-0.39, 0.29) is 30.5 Å². The van der Waals surface area contributed by atoms with Crippen molar-refractivity contribution in [1.29, 1.82) is 0 Å². The van der Waals surface area contributed by atoms with E-state index in [0.29, 0.717) is 24.1 Å². The minimum absolute atomic E-state index is 0.103. The lowest BCUT2D eigenvalue weighted by atomic mass is 9.79. The summed E-state index contributed by atoms with van der Waals surface area (Å²) >= 11 is 0. The van der Waals surface area contributed by atoms with E-state index < -0.39 is 11.4 Å². The highest BCUT2D eigenvalue weighted by molar-refractivity contribution is 6.03. The molecule has 6 heteroatoms. The first-order valence-electron chi connectivity index (χ1n) is 9.37. The molecule has 144 valence electrons. The lowest BCUT2D eigenvalue weighted by Crippen LogP contribution is -2.35. The van der Waals surface area contributed by atoms with Gasteiger partial charge in [0, 0.05) is 11.3 Å². The average molecular weight is 381 g/mol. The maximum absolute atomic E-state index is 13.3. The third-order valence-corrected chi connectivity index (χ3v) is 5.63. The number of ketones is 1. The zero-order valence-corrected chi connectivity index (χ0v) is 15.3. The summed E-state index contributed by atoms with van der Waals surface area (Å²) in [4.78, 5) is 36.8. The first kappa shape index (κ1) is 18.3. The van der Waals surface area contributed by atoms with E-state index in [1.807, 2.05) is 0 Å². The maximum Gasteiger partial charge on any atom is 0.317 e. The van der Waals surface area contributed by atoms with Crippen LogP contribution in [0.15, 0.2) is 42.5 Å². The van der Waals surface area contributed by atoms with E-state index >= 15 is 0 Å². The highest BCUT2D eigenvalue weighted by atomic mass is 19.1. The number of amides is 1. The Morgan fingerprint density at radius 3 is 2.50 bits per heavy atom. The van der Waals surface area contributed by atoms with Crippen LogP contribution in [0, 0.1) is 5.82 Å². The van der Waals surface area contributed by atoms with Gasteiger partial charge >= 0.3 is 5.97 Å². The van der Waals surface area contributed by atoms with Crippen molar-refractivity contribution in [2.75, 3.05) is 11.9 Å². The number of nitrogens with one attached hydrogen (secondary N) is 1. The van der Waals surface area contributed by atoms with Gasteiger partial charge in [-0.15, -0.1) is 0 Å². The summed E-state index contributed by atoms with van der Waals surface area (Å²) in [5, 5.41) is 2.72. The topological polar surface area (TPSA) is 72.5 Å². The van der Waals surface area contributed by atoms with Crippen molar-refractivity contribution in [3.8, 4) is 0 Å². The number of anilines is 1. The lowest BCUT2D eigenvalue weighted by molar-refractivity contribution is -0.149. The van der Waals surface area contributed by atoms with Crippen LogP contribution in [0.1, 0.15) is 47.2 Å². The second kappa shape index (κ2) is 7.19. The third kappa shape index (κ3) is 3.30. The zero-order chi connectivity index (χ0) is 19.7. The SMILES string of the molecule is O=C1Cc2cc(C(=O)COC(=O)C3(c4ccc(F)cc4)CCCC3)ccc2N1. The minimum atomic E-state index is -0.817. The molecule has 2 aliphatic rings. The van der Waals surface area contributed by atoms with Gasteiger partial charge in [-0.05, 0) is 54.3 Å². The summed E-state index contributed by atoms with van der Waals surface area (Å²) in [6.45, 7) is -0.359. The van der Waals surface area contributed by atoms with E-state index in [1.54, 1.807) is 30.3 Å². The number of fused-ring (bicyclic) bond motifs is 1. The summed E-state index contributed by atoms with van der Waals surface area (Å²) in [6, 6.07) is 10.9. The quantitative estimate of drug-likeness (QED) is 0.635. The maximum atomic E-state index is 13.3. The van der Waals surface area contributed by atoms with Gasteiger partial charge in [-0.3, -0.25) is 14.4 Å². The molecule has 0 bridgehead atoms. The van der Waals surface area contributed by atoms with E-state index in [2.05, 4.69) is 5.32 Å². The predicted octanol–water partition coefficient (Wildman–Crippen LogP) is 3.56. The Hall–Kier alpha value is -3.02. The van der Waals surface area contributed by atoms with Crippen LogP contribution in [-0.2, 0) is 26.2 Å². The van der Waals surface area contributed by atoms with Crippen molar-refractivity contribution in [1.82, 2.24) is 0 Å². The van der Waals surface area contributed by atoms with Crippen LogP contribution in [-0.4, -0.2) is 24.3 Å². The van der Waals surface area contributed by atoms with Gasteiger partial charge in [-0.25, -0.2) is 4.39 Å². The van der Waals surface area contributed by atoms with Crippen molar-refractivity contribution < 1.29 is 23.5 Å². The smallest absolute Gasteiger partial charge is 0.317 e. The fraction of sp³-hybridized carbons (Fsp3) is 0.318. The largest absolute Gasteiger partial charge is 0.457 e. The van der Waals surface area contributed by atoms with Gasteiger partial charge in [0.15, 0.2) is 12.4 Å². The molecule has 0 spiro atoms. The molecule has 2 aromatic carbocycles. The average Bonchev–Trinajstić information content (AvgIpc) is 3.32. The van der Waals surface area contributed by atoms with Crippen LogP contribution in [0.2, 0.25) is 0 Å². The number of rotatable bonds is 5. The first-order chi connectivity index (χ1) is 13.5. The predicted molar refractivity (Wildman–Crippen MR) is 101 cm³/mol. The van der Waals surface area contributed by atoms with Crippen molar-refractivity contribution in [2.24, 2.45) is 0 Å². The Bertz CT molecular complexity index is 946. The van der Waals surface area contributed by atoms with Crippen molar-refractivity contribution in [3.05, 3.63) is 65.0 Å². The van der Waals surface area contributed by atoms with Crippen LogP contribution in [0.3, 0.4) is 0 Å². The number of carbonyl (C=O) groups excluding carboxylic acids is 3. The molecule has 1 aliphatic carbocycles. The number of carbonyl (C=O) groups is 3. The molecule has 0 saturated heterocycles. The highest BCUT2D eigenvalue weighted by Gasteiger charge is 2.44. The molecular weight excluding hydrogens is 361 g/mol. The fourth-order valence-corrected chi connectivity index (χ4v) is 4.11. The Kier molecular flexibility index (Phi) is 4.71. The molecule has 1 N–H and O–H groups in total. The molecule has 2 aromatic rings. The van der Waals surface area contributed by atoms with Crippen LogP contribution in [0.4, 0.5) is 10.1 Å². The van der Waals surface area contributed by atoms with Crippen molar-refractivity contribution >= 4 is 23.3 Å². The molecule has 0 aromatic heterocycles. The molecule has 1 aliphatic heterocycles. The number of Topliss-reactive ketones (excluding diaryl/α,β-unsaturated/α-hetero) is 1. The summed E-state index contributed by atoms with van der Waals surface area (Å²) in [7, 11) is 0. The van der Waals surface area contributed by atoms with Crippen molar-refractivity contribution in [3.63, 3.8) is 0 Å². The van der Waals surface area contributed by atoms with Gasteiger partial charge in [0.1, 0.15) is 5.82 Å². The summed E-state index contributed by atoms with van der Waals surface area (Å²) in [5.41, 5.74) is 1.79. The number of benzene rings is 2. The van der Waals surface area contributed by atoms with Crippen LogP contribution < -0.4 is 5.32 Å². The molecule has 0 radical (unpaired) electrons. The minimum Gasteiger partial charge on any atom is -0.457 e. The lowest BCUT2D eigenvalue weighted by Gasteiger charge is -2.27. The molecule has 0 unspecified atom stereocenters. The number of esters is 1. The molecule has 4 rings (SSSR count). The molecule has 1 saturated carbocycles. The van der Waals surface area contributed by atoms with E-state index in [4.69, 9.17) is 4.74 Å². The Balaban J connectivity index is 1.47. The monoisotopic (exact) mass is 381 g/mol. The second-order valence-corrected chi connectivity index (χ2v) is 7.39. The summed E-state index contributed by atoms with van der Waals surface area (Å²) in [6.07, 6.45) is 3.25. The van der Waals surface area contributed by atoms with Crippen molar-refractivity contribution in [2.45, 2.75) is 37.5 Å². The number of ether oxygens (including phenoxy) is 1. The summed E-state index contributed by atoms with van der Waals surface area (Å²) < 4.78 is 18.7. The van der Waals surface area contributed by atoms with Gasteiger partial charge in [0.05, 0.1) is 11.8 Å².